The number of aldehydes is 1. The molecule has 0 aromatic rings. The molecule has 8 heavy (non-hydrogen) atoms. The molecule has 1 heterocycles. The fraction of sp³-hybridized carbons (Fsp3) is 0.200. The van der Waals surface area contributed by atoms with Gasteiger partial charge in [0.1, 0.15) is 18.6 Å². The maximum Gasteiger partial charge on any atom is 0.171 e. The Bertz CT molecular complexity index is 149. The highest BCUT2D eigenvalue weighted by atomic mass is 16.5. The van der Waals surface area contributed by atoms with E-state index in [-0.39, 0.29) is 0 Å². The van der Waals surface area contributed by atoms with Gasteiger partial charge in [0, 0.05) is 6.21 Å². The third-order valence-electron chi connectivity index (χ3n) is 0.736. The van der Waals surface area contributed by atoms with E-state index >= 15 is 0 Å². The molecule has 3 nitrogen and oxygen atoms in total. The predicted octanol–water partition coefficient (Wildman–Crippen LogP) is 0.128. The van der Waals surface area contributed by atoms with E-state index in [1.165, 1.54) is 6.26 Å². The number of carbonyl (C=O) groups is 1. The molecule has 0 unspecified atom stereocenters. The molecule has 0 atom stereocenters. The third kappa shape index (κ3) is 0.932. The summed E-state index contributed by atoms with van der Waals surface area (Å²) in [6.07, 6.45) is 3.53. The highest BCUT2D eigenvalue weighted by molar-refractivity contribution is 5.77. The van der Waals surface area contributed by atoms with Gasteiger partial charge in [-0.25, -0.2) is 0 Å². The molecule has 0 bridgehead atoms. The Balaban J connectivity index is 2.64. The minimum Gasteiger partial charge on any atom is -0.493 e. The van der Waals surface area contributed by atoms with Crippen molar-refractivity contribution in [1.29, 1.82) is 0 Å². The molecule has 42 valence electrons. The van der Waals surface area contributed by atoms with Crippen molar-refractivity contribution in [3.8, 4) is 0 Å². The molecule has 0 amide bonds. The van der Waals surface area contributed by atoms with E-state index in [1.807, 2.05) is 0 Å². The lowest BCUT2D eigenvalue weighted by Crippen LogP contribution is -1.97. The Morgan fingerprint density at radius 3 is 3.12 bits per heavy atom. The summed E-state index contributed by atoms with van der Waals surface area (Å²) in [6.45, 7) is 0.470. The molecule has 0 saturated heterocycles. The van der Waals surface area contributed by atoms with Crippen LogP contribution in [0.2, 0.25) is 0 Å². The molecule has 1 aliphatic heterocycles. The predicted molar refractivity (Wildman–Crippen MR) is 28.6 cm³/mol. The van der Waals surface area contributed by atoms with Gasteiger partial charge in [-0.15, -0.1) is 0 Å². The third-order valence-corrected chi connectivity index (χ3v) is 0.736. The van der Waals surface area contributed by atoms with Crippen molar-refractivity contribution in [3.63, 3.8) is 0 Å². The first-order valence-corrected chi connectivity index (χ1v) is 2.23. The molecule has 0 N–H and O–H groups in total. The second-order valence-corrected chi connectivity index (χ2v) is 1.31. The fourth-order valence-corrected chi connectivity index (χ4v) is 0.408. The Morgan fingerprint density at radius 2 is 2.75 bits per heavy atom. The van der Waals surface area contributed by atoms with Crippen molar-refractivity contribution in [2.75, 3.05) is 6.61 Å². The Morgan fingerprint density at radius 1 is 1.88 bits per heavy atom. The molecule has 0 aliphatic carbocycles. The lowest BCUT2D eigenvalue weighted by molar-refractivity contribution is -0.105. The first kappa shape index (κ1) is 5.03. The summed E-state index contributed by atoms with van der Waals surface area (Å²) in [6, 6.07) is 0. The van der Waals surface area contributed by atoms with Crippen LogP contribution in [0.25, 0.3) is 0 Å². The van der Waals surface area contributed by atoms with E-state index in [9.17, 15) is 4.79 Å². The van der Waals surface area contributed by atoms with Gasteiger partial charge in [-0.2, -0.15) is 0 Å². The largest absolute Gasteiger partial charge is 0.493 e. The van der Waals surface area contributed by atoms with Crippen molar-refractivity contribution >= 4 is 12.5 Å². The van der Waals surface area contributed by atoms with Crippen LogP contribution in [0.4, 0.5) is 0 Å². The average Bonchev–Trinajstić information content (AvgIpc) is 1.90. The van der Waals surface area contributed by atoms with E-state index < -0.39 is 0 Å². The number of carbonyl (C=O) groups excluding carboxylic acids is 1. The van der Waals surface area contributed by atoms with Crippen molar-refractivity contribution in [3.05, 3.63) is 12.0 Å². The molecule has 3 heteroatoms. The molecule has 0 aromatic heterocycles. The number of allylic oxidation sites excluding steroid dienone is 1. The summed E-state index contributed by atoms with van der Waals surface area (Å²) in [5.74, 6) is 0. The number of hydrogen-bond acceptors (Lipinski definition) is 3. The van der Waals surface area contributed by atoms with Crippen LogP contribution in [0, 0.1) is 0 Å². The van der Waals surface area contributed by atoms with Crippen molar-refractivity contribution in [1.82, 2.24) is 0 Å². The van der Waals surface area contributed by atoms with Gasteiger partial charge >= 0.3 is 0 Å². The van der Waals surface area contributed by atoms with Gasteiger partial charge in [-0.3, -0.25) is 9.79 Å². The second-order valence-electron chi connectivity index (χ2n) is 1.31. The highest BCUT2D eigenvalue weighted by Gasteiger charge is 1.93. The molecule has 0 spiro atoms. The summed E-state index contributed by atoms with van der Waals surface area (Å²) in [5, 5.41) is 0. The summed E-state index contributed by atoms with van der Waals surface area (Å²) >= 11 is 0. The van der Waals surface area contributed by atoms with E-state index in [0.29, 0.717) is 18.6 Å². The van der Waals surface area contributed by atoms with Crippen LogP contribution in [0.5, 0.6) is 0 Å². The topological polar surface area (TPSA) is 38.7 Å². The Kier molecular flexibility index (Phi) is 1.42. The molecule has 0 radical (unpaired) electrons. The van der Waals surface area contributed by atoms with Gasteiger partial charge in [0.15, 0.2) is 6.29 Å². The van der Waals surface area contributed by atoms with Crippen molar-refractivity contribution in [2.45, 2.75) is 0 Å². The fourth-order valence-electron chi connectivity index (χ4n) is 0.408. The minimum absolute atomic E-state index is 0.344. The van der Waals surface area contributed by atoms with E-state index in [1.54, 1.807) is 6.21 Å². The smallest absolute Gasteiger partial charge is 0.171 e. The van der Waals surface area contributed by atoms with Crippen LogP contribution in [0.15, 0.2) is 17.0 Å². The van der Waals surface area contributed by atoms with Crippen LogP contribution in [-0.4, -0.2) is 19.1 Å². The second kappa shape index (κ2) is 2.26. The molecular formula is C5H5NO2. The maximum atomic E-state index is 9.90. The molecule has 0 fully saturated rings. The van der Waals surface area contributed by atoms with Crippen LogP contribution in [0.1, 0.15) is 0 Å². The molecule has 1 rings (SSSR count). The number of nitrogens with zero attached hydrogens (tertiary/aromatic N) is 1. The monoisotopic (exact) mass is 111 g/mol. The standard InChI is InChI=1S/C5H5NO2/c7-3-5-4-8-2-1-6-5/h1,3-4H,2H2. The normalized spacial score (nSPS) is 16.8. The van der Waals surface area contributed by atoms with Gasteiger partial charge in [-0.05, 0) is 0 Å². The van der Waals surface area contributed by atoms with E-state index in [2.05, 4.69) is 4.99 Å². The van der Waals surface area contributed by atoms with Gasteiger partial charge < -0.3 is 4.74 Å². The van der Waals surface area contributed by atoms with Crippen LogP contribution < -0.4 is 0 Å². The van der Waals surface area contributed by atoms with Crippen LogP contribution >= 0.6 is 0 Å². The molecule has 0 aromatic carbocycles. The number of hydrogen-bond donors (Lipinski definition) is 0. The van der Waals surface area contributed by atoms with Crippen LogP contribution in [-0.2, 0) is 9.53 Å². The first-order valence-electron chi connectivity index (χ1n) is 2.23. The van der Waals surface area contributed by atoms with E-state index in [4.69, 9.17) is 4.74 Å². The zero-order chi connectivity index (χ0) is 5.82. The average molecular weight is 111 g/mol. The SMILES string of the molecule is O=CC1=COCC=N1. The highest BCUT2D eigenvalue weighted by Crippen LogP contribution is 1.95. The van der Waals surface area contributed by atoms with Crippen LogP contribution in [0.3, 0.4) is 0 Å². The summed E-state index contributed by atoms with van der Waals surface area (Å²) in [4.78, 5) is 13.6. The van der Waals surface area contributed by atoms with Crippen molar-refractivity contribution < 1.29 is 9.53 Å². The van der Waals surface area contributed by atoms with E-state index in [0.717, 1.165) is 0 Å². The summed E-state index contributed by atoms with van der Waals surface area (Å²) in [7, 11) is 0. The lowest BCUT2D eigenvalue weighted by Gasteiger charge is -1.99. The minimum atomic E-state index is 0.344. The van der Waals surface area contributed by atoms with Gasteiger partial charge in [0.2, 0.25) is 0 Å². The zero-order valence-electron chi connectivity index (χ0n) is 4.20. The Hall–Kier alpha value is -1.12. The maximum absolute atomic E-state index is 9.90. The molecule has 1 aliphatic rings. The number of aliphatic imine (C=N–C) groups is 1. The Labute approximate surface area is 46.7 Å². The van der Waals surface area contributed by atoms with Gasteiger partial charge in [0.25, 0.3) is 0 Å². The summed E-state index contributed by atoms with van der Waals surface area (Å²) in [5.41, 5.74) is 0.344. The number of ether oxygens (including phenoxy) is 1. The van der Waals surface area contributed by atoms with Crippen molar-refractivity contribution in [2.24, 2.45) is 4.99 Å². The lowest BCUT2D eigenvalue weighted by atomic mass is 10.5. The number of rotatable bonds is 1. The molecule has 0 saturated carbocycles. The quantitative estimate of drug-likeness (QED) is 0.451. The summed E-state index contributed by atoms with van der Waals surface area (Å²) < 4.78 is 4.73. The van der Waals surface area contributed by atoms with Gasteiger partial charge in [-0.1, -0.05) is 0 Å². The van der Waals surface area contributed by atoms with Gasteiger partial charge in [0.05, 0.1) is 0 Å². The first-order chi connectivity index (χ1) is 3.93. The molecular weight excluding hydrogens is 106 g/mol. The zero-order valence-corrected chi connectivity index (χ0v) is 4.20.